The number of likely N-dealkylation sites (tertiary alicyclic amines) is 1. The Morgan fingerprint density at radius 3 is 2.76 bits per heavy atom. The summed E-state index contributed by atoms with van der Waals surface area (Å²) < 4.78 is 10.8. The average molecular weight is 348 g/mol. The number of ether oxygens (including phenoxy) is 2. The lowest BCUT2D eigenvalue weighted by Gasteiger charge is -2.24. The molecular formula is C19H32N4O2. The van der Waals surface area contributed by atoms with Crippen LogP contribution in [-0.4, -0.2) is 70.3 Å². The van der Waals surface area contributed by atoms with Crippen molar-refractivity contribution in [2.45, 2.75) is 19.9 Å². The first-order valence-corrected chi connectivity index (χ1v) is 8.96. The third-order valence-electron chi connectivity index (χ3n) is 4.84. The van der Waals surface area contributed by atoms with Crippen molar-refractivity contribution in [1.82, 2.24) is 15.1 Å². The van der Waals surface area contributed by atoms with Gasteiger partial charge in [0.15, 0.2) is 5.96 Å². The van der Waals surface area contributed by atoms with Gasteiger partial charge >= 0.3 is 0 Å². The van der Waals surface area contributed by atoms with E-state index in [1.54, 1.807) is 14.2 Å². The molecule has 2 rings (SSSR count). The highest BCUT2D eigenvalue weighted by atomic mass is 16.5. The number of methoxy groups -OCH3 is 2. The fourth-order valence-corrected chi connectivity index (χ4v) is 3.30. The molecule has 140 valence electrons. The molecule has 1 aliphatic heterocycles. The number of nitrogens with zero attached hydrogens (tertiary/aromatic N) is 3. The maximum atomic E-state index is 5.50. The van der Waals surface area contributed by atoms with Gasteiger partial charge < -0.3 is 24.6 Å². The summed E-state index contributed by atoms with van der Waals surface area (Å²) in [4.78, 5) is 9.05. The van der Waals surface area contributed by atoms with E-state index in [2.05, 4.69) is 27.0 Å². The van der Waals surface area contributed by atoms with Crippen molar-refractivity contribution in [3.8, 4) is 11.5 Å². The van der Waals surface area contributed by atoms with Crippen molar-refractivity contribution in [2.75, 3.05) is 54.5 Å². The maximum Gasteiger partial charge on any atom is 0.193 e. The van der Waals surface area contributed by atoms with Crippen molar-refractivity contribution in [1.29, 1.82) is 0 Å². The largest absolute Gasteiger partial charge is 0.497 e. The summed E-state index contributed by atoms with van der Waals surface area (Å²) in [5.41, 5.74) is 1.10. The number of benzene rings is 1. The van der Waals surface area contributed by atoms with E-state index >= 15 is 0 Å². The smallest absolute Gasteiger partial charge is 0.193 e. The Kier molecular flexibility index (Phi) is 7.37. The van der Waals surface area contributed by atoms with Crippen molar-refractivity contribution in [3.63, 3.8) is 0 Å². The molecule has 6 nitrogen and oxygen atoms in total. The van der Waals surface area contributed by atoms with Gasteiger partial charge in [0.05, 0.1) is 14.2 Å². The minimum atomic E-state index is 0.695. The molecule has 1 aliphatic rings. The van der Waals surface area contributed by atoms with Crippen LogP contribution in [0.2, 0.25) is 0 Å². The molecule has 1 atom stereocenters. The van der Waals surface area contributed by atoms with Crippen LogP contribution in [0.5, 0.6) is 11.5 Å². The van der Waals surface area contributed by atoms with Gasteiger partial charge in [-0.3, -0.25) is 4.99 Å². The first-order chi connectivity index (χ1) is 12.1. The van der Waals surface area contributed by atoms with Crippen LogP contribution in [0.4, 0.5) is 0 Å². The van der Waals surface area contributed by atoms with Crippen LogP contribution >= 0.6 is 0 Å². The predicted molar refractivity (Wildman–Crippen MR) is 103 cm³/mol. The molecule has 0 aromatic heterocycles. The molecule has 6 heteroatoms. The number of nitrogens with one attached hydrogen (secondary N) is 1. The van der Waals surface area contributed by atoms with E-state index < -0.39 is 0 Å². The molecule has 0 saturated carbocycles. The predicted octanol–water partition coefficient (Wildman–Crippen LogP) is 2.05. The van der Waals surface area contributed by atoms with Gasteiger partial charge in [0.2, 0.25) is 0 Å². The highest BCUT2D eigenvalue weighted by molar-refractivity contribution is 5.79. The zero-order chi connectivity index (χ0) is 18.2. The number of hydrogen-bond acceptors (Lipinski definition) is 4. The molecular weight excluding hydrogens is 316 g/mol. The van der Waals surface area contributed by atoms with Crippen LogP contribution in [0.25, 0.3) is 0 Å². The van der Waals surface area contributed by atoms with Gasteiger partial charge in [0, 0.05) is 45.4 Å². The number of aliphatic imine (C=N–C) groups is 1. The summed E-state index contributed by atoms with van der Waals surface area (Å²) in [7, 11) is 7.23. The van der Waals surface area contributed by atoms with Gasteiger partial charge in [-0.1, -0.05) is 6.92 Å². The zero-order valence-corrected chi connectivity index (χ0v) is 16.2. The summed E-state index contributed by atoms with van der Waals surface area (Å²) in [6, 6.07) is 5.91. The second-order valence-corrected chi connectivity index (χ2v) is 6.51. The maximum absolute atomic E-state index is 5.50. The zero-order valence-electron chi connectivity index (χ0n) is 16.2. The average Bonchev–Trinajstić information content (AvgIpc) is 3.10. The SMILES string of the molecule is CCN1CCC(CNC(=NC)N(C)Cc2ccc(OC)cc2OC)C1. The van der Waals surface area contributed by atoms with E-state index in [9.17, 15) is 0 Å². The normalized spacial score (nSPS) is 18.3. The Morgan fingerprint density at radius 2 is 2.16 bits per heavy atom. The van der Waals surface area contributed by atoms with Gasteiger partial charge in [0.1, 0.15) is 11.5 Å². The van der Waals surface area contributed by atoms with Crippen LogP contribution in [-0.2, 0) is 6.54 Å². The van der Waals surface area contributed by atoms with Crippen LogP contribution in [0.3, 0.4) is 0 Å². The van der Waals surface area contributed by atoms with Gasteiger partial charge in [-0.05, 0) is 37.6 Å². The molecule has 0 spiro atoms. The molecule has 1 N–H and O–H groups in total. The first kappa shape index (κ1) is 19.4. The highest BCUT2D eigenvalue weighted by Gasteiger charge is 2.21. The van der Waals surface area contributed by atoms with Gasteiger partial charge in [-0.25, -0.2) is 0 Å². The van der Waals surface area contributed by atoms with E-state index in [0.717, 1.165) is 42.7 Å². The van der Waals surface area contributed by atoms with Gasteiger partial charge in [0.25, 0.3) is 0 Å². The molecule has 1 saturated heterocycles. The van der Waals surface area contributed by atoms with E-state index in [1.807, 2.05) is 32.3 Å². The molecule has 25 heavy (non-hydrogen) atoms. The number of hydrogen-bond donors (Lipinski definition) is 1. The van der Waals surface area contributed by atoms with Crippen molar-refractivity contribution < 1.29 is 9.47 Å². The molecule has 0 amide bonds. The third-order valence-corrected chi connectivity index (χ3v) is 4.84. The van der Waals surface area contributed by atoms with Crippen LogP contribution in [0.1, 0.15) is 18.9 Å². The van der Waals surface area contributed by atoms with Crippen LogP contribution < -0.4 is 14.8 Å². The highest BCUT2D eigenvalue weighted by Crippen LogP contribution is 2.25. The summed E-state index contributed by atoms with van der Waals surface area (Å²) in [5, 5.41) is 3.52. The van der Waals surface area contributed by atoms with Crippen molar-refractivity contribution in [3.05, 3.63) is 23.8 Å². The molecule has 1 fully saturated rings. The summed E-state index contributed by atoms with van der Waals surface area (Å²) in [6.45, 7) is 7.44. The quantitative estimate of drug-likeness (QED) is 0.604. The van der Waals surface area contributed by atoms with Crippen LogP contribution in [0.15, 0.2) is 23.2 Å². The topological polar surface area (TPSA) is 49.3 Å². The Morgan fingerprint density at radius 1 is 1.36 bits per heavy atom. The van der Waals surface area contributed by atoms with Crippen molar-refractivity contribution >= 4 is 5.96 Å². The first-order valence-electron chi connectivity index (χ1n) is 8.96. The molecule has 0 aliphatic carbocycles. The van der Waals surface area contributed by atoms with E-state index in [-0.39, 0.29) is 0 Å². The molecule has 1 aromatic rings. The molecule has 1 unspecified atom stereocenters. The second-order valence-electron chi connectivity index (χ2n) is 6.51. The minimum absolute atomic E-state index is 0.695. The van der Waals surface area contributed by atoms with E-state index in [4.69, 9.17) is 9.47 Å². The molecule has 1 heterocycles. The fraction of sp³-hybridized carbons (Fsp3) is 0.632. The fourth-order valence-electron chi connectivity index (χ4n) is 3.30. The van der Waals surface area contributed by atoms with Gasteiger partial charge in [-0.2, -0.15) is 0 Å². The Hall–Kier alpha value is -1.95. The third kappa shape index (κ3) is 5.26. The van der Waals surface area contributed by atoms with Crippen LogP contribution in [0, 0.1) is 5.92 Å². The lowest BCUT2D eigenvalue weighted by molar-refractivity contribution is 0.340. The standard InChI is InChI=1S/C19H32N4O2/c1-6-23-10-9-15(13-23)12-21-19(20-2)22(3)14-16-7-8-17(24-4)11-18(16)25-5/h7-8,11,15H,6,9-10,12-14H2,1-5H3,(H,20,21). The lowest BCUT2D eigenvalue weighted by atomic mass is 10.1. The number of guanidine groups is 1. The minimum Gasteiger partial charge on any atom is -0.497 e. The summed E-state index contributed by atoms with van der Waals surface area (Å²) >= 11 is 0. The Balaban J connectivity index is 1.93. The number of rotatable bonds is 7. The lowest BCUT2D eigenvalue weighted by Crippen LogP contribution is -2.41. The molecule has 0 radical (unpaired) electrons. The molecule has 0 bridgehead atoms. The Labute approximate surface area is 151 Å². The van der Waals surface area contributed by atoms with E-state index in [1.165, 1.54) is 19.5 Å². The molecule has 1 aromatic carbocycles. The Bertz CT molecular complexity index is 577. The summed E-state index contributed by atoms with van der Waals surface area (Å²) in [6.07, 6.45) is 1.26. The van der Waals surface area contributed by atoms with E-state index in [0.29, 0.717) is 5.92 Å². The summed E-state index contributed by atoms with van der Waals surface area (Å²) in [5.74, 6) is 3.23. The monoisotopic (exact) mass is 348 g/mol. The second kappa shape index (κ2) is 9.51. The van der Waals surface area contributed by atoms with Crippen molar-refractivity contribution in [2.24, 2.45) is 10.9 Å². The van der Waals surface area contributed by atoms with Gasteiger partial charge in [-0.15, -0.1) is 0 Å².